The molecule has 4 aromatic rings. The van der Waals surface area contributed by atoms with E-state index >= 15 is 0 Å². The van der Waals surface area contributed by atoms with E-state index in [9.17, 15) is 28.3 Å². The fourth-order valence-corrected chi connectivity index (χ4v) is 5.01. The number of hydrogen-bond acceptors (Lipinski definition) is 5. The van der Waals surface area contributed by atoms with Gasteiger partial charge in [0.1, 0.15) is 17.3 Å². The number of ether oxygens (including phenoxy) is 1. The molecule has 1 heterocycles. The minimum Gasteiger partial charge on any atom is -0.469 e. The number of halogens is 2. The summed E-state index contributed by atoms with van der Waals surface area (Å²) in [7, 11) is 1.20. The first kappa shape index (κ1) is 32.0. The van der Waals surface area contributed by atoms with E-state index in [0.717, 1.165) is 5.56 Å². The number of methoxy groups -OCH3 is 1. The van der Waals surface area contributed by atoms with Crippen LogP contribution in [0.15, 0.2) is 84.9 Å². The summed E-state index contributed by atoms with van der Waals surface area (Å²) in [6.07, 6.45) is 1.03. The molecule has 0 aliphatic rings. The number of carbonyl (C=O) groups excluding carboxylic acids is 3. The highest BCUT2D eigenvalue weighted by molar-refractivity contribution is 6.07. The van der Waals surface area contributed by atoms with Gasteiger partial charge in [0.2, 0.25) is 0 Å². The molecule has 228 valence electrons. The number of nitrogens with one attached hydrogen (secondary N) is 1. The molecule has 4 rings (SSSR count). The topological polar surface area (TPSA) is 97.6 Å². The predicted octanol–water partition coefficient (Wildman–Crippen LogP) is 6.51. The third-order valence-corrected chi connectivity index (χ3v) is 7.03. The summed E-state index contributed by atoms with van der Waals surface area (Å²) in [6.45, 7) is 3.95. The van der Waals surface area contributed by atoms with Crippen molar-refractivity contribution in [3.63, 3.8) is 0 Å². The summed E-state index contributed by atoms with van der Waals surface area (Å²) in [5.74, 6) is -2.28. The SMILES string of the molecule is COC(=O)C[C@H](O)CC(=O)/C=C/c1c(-c2ccc(F)cc2)c(-c2ccccc2)c(C(=O)NCc2ccc(F)cc2)n1C(C)C. The molecule has 0 fully saturated rings. The van der Waals surface area contributed by atoms with Crippen LogP contribution in [0.4, 0.5) is 8.78 Å². The Bertz CT molecular complexity index is 1640. The highest BCUT2D eigenvalue weighted by atomic mass is 19.1. The number of nitrogens with zero attached hydrogens (tertiary/aromatic N) is 1. The first-order valence-corrected chi connectivity index (χ1v) is 14.2. The smallest absolute Gasteiger partial charge is 0.308 e. The van der Waals surface area contributed by atoms with E-state index in [4.69, 9.17) is 0 Å². The second-order valence-corrected chi connectivity index (χ2v) is 10.6. The van der Waals surface area contributed by atoms with Gasteiger partial charge in [-0.1, -0.05) is 54.6 Å². The number of aliphatic hydroxyl groups is 1. The maximum atomic E-state index is 14.0. The van der Waals surface area contributed by atoms with Gasteiger partial charge in [0.15, 0.2) is 5.78 Å². The Balaban J connectivity index is 1.88. The van der Waals surface area contributed by atoms with E-state index in [-0.39, 0.29) is 31.2 Å². The van der Waals surface area contributed by atoms with Crippen molar-refractivity contribution in [2.24, 2.45) is 0 Å². The van der Waals surface area contributed by atoms with Crippen LogP contribution in [0.1, 0.15) is 54.5 Å². The van der Waals surface area contributed by atoms with Crippen molar-refractivity contribution in [2.75, 3.05) is 7.11 Å². The zero-order valence-electron chi connectivity index (χ0n) is 24.7. The summed E-state index contributed by atoms with van der Waals surface area (Å²) in [5, 5.41) is 13.1. The summed E-state index contributed by atoms with van der Waals surface area (Å²) < 4.78 is 33.9. The Morgan fingerprint density at radius 3 is 2.05 bits per heavy atom. The van der Waals surface area contributed by atoms with Gasteiger partial charge in [0.25, 0.3) is 5.91 Å². The number of esters is 1. The van der Waals surface area contributed by atoms with Gasteiger partial charge in [-0.3, -0.25) is 14.4 Å². The van der Waals surface area contributed by atoms with E-state index in [2.05, 4.69) is 10.1 Å². The highest BCUT2D eigenvalue weighted by Gasteiger charge is 2.29. The first-order chi connectivity index (χ1) is 21.1. The molecule has 0 saturated heterocycles. The first-order valence-electron chi connectivity index (χ1n) is 14.2. The molecule has 1 atom stereocenters. The second-order valence-electron chi connectivity index (χ2n) is 10.6. The number of benzene rings is 3. The molecule has 0 radical (unpaired) electrons. The molecule has 44 heavy (non-hydrogen) atoms. The molecule has 0 saturated carbocycles. The van der Waals surface area contributed by atoms with Crippen molar-refractivity contribution >= 4 is 23.7 Å². The van der Waals surface area contributed by atoms with Crippen molar-refractivity contribution in [1.29, 1.82) is 0 Å². The van der Waals surface area contributed by atoms with Gasteiger partial charge in [-0.25, -0.2) is 8.78 Å². The Kier molecular flexibility index (Phi) is 10.6. The number of hydrogen-bond donors (Lipinski definition) is 2. The average molecular weight is 601 g/mol. The zero-order chi connectivity index (χ0) is 31.8. The molecule has 9 heteroatoms. The number of ketones is 1. The zero-order valence-corrected chi connectivity index (χ0v) is 24.7. The van der Waals surface area contributed by atoms with E-state index in [1.807, 2.05) is 48.7 Å². The minimum atomic E-state index is -1.22. The highest BCUT2D eigenvalue weighted by Crippen LogP contribution is 2.42. The Morgan fingerprint density at radius 1 is 0.864 bits per heavy atom. The lowest BCUT2D eigenvalue weighted by Crippen LogP contribution is -2.27. The fourth-order valence-electron chi connectivity index (χ4n) is 5.01. The molecule has 0 unspecified atom stereocenters. The standard InChI is InChI=1S/C35H34F2N2O5/c1-22(2)39-30(18-17-28(40)19-29(41)20-31(42)44-3)32(25-11-15-27(37)16-12-25)33(24-7-5-4-6-8-24)34(39)35(43)38-21-23-9-13-26(36)14-10-23/h4-18,22,29,41H,19-21H2,1-3H3,(H,38,43)/b18-17+/t29-/m1/s1. The van der Waals surface area contributed by atoms with Gasteiger partial charge < -0.3 is 19.7 Å². The molecule has 0 bridgehead atoms. The van der Waals surface area contributed by atoms with E-state index < -0.39 is 29.6 Å². The number of rotatable bonds is 12. The van der Waals surface area contributed by atoms with Crippen LogP contribution in [-0.2, 0) is 20.9 Å². The minimum absolute atomic E-state index is 0.143. The maximum absolute atomic E-state index is 14.0. The summed E-state index contributed by atoms with van der Waals surface area (Å²) in [5.41, 5.74) is 4.09. The van der Waals surface area contributed by atoms with Crippen LogP contribution in [0.5, 0.6) is 0 Å². The van der Waals surface area contributed by atoms with Crippen molar-refractivity contribution in [3.05, 3.63) is 114 Å². The number of carbonyl (C=O) groups is 3. The molecule has 3 aromatic carbocycles. The third kappa shape index (κ3) is 7.73. The molecule has 1 amide bonds. The molecule has 0 spiro atoms. The molecular weight excluding hydrogens is 566 g/mol. The molecule has 2 N–H and O–H groups in total. The lowest BCUT2D eigenvalue weighted by Gasteiger charge is -2.17. The van der Waals surface area contributed by atoms with E-state index in [1.165, 1.54) is 37.5 Å². The number of aromatic nitrogens is 1. The van der Waals surface area contributed by atoms with Gasteiger partial charge in [0, 0.05) is 30.1 Å². The number of allylic oxidation sites excluding steroid dienone is 1. The number of aliphatic hydroxyl groups excluding tert-OH is 1. The second kappa shape index (κ2) is 14.5. The Labute approximate surface area is 254 Å². The lowest BCUT2D eigenvalue weighted by molar-refractivity contribution is -0.143. The van der Waals surface area contributed by atoms with Crippen molar-refractivity contribution in [2.45, 2.75) is 45.4 Å². The van der Waals surface area contributed by atoms with Crippen molar-refractivity contribution in [3.8, 4) is 22.3 Å². The van der Waals surface area contributed by atoms with E-state index in [1.54, 1.807) is 30.3 Å². The maximum Gasteiger partial charge on any atom is 0.308 e. The molecular formula is C35H34F2N2O5. The quantitative estimate of drug-likeness (QED) is 0.143. The largest absolute Gasteiger partial charge is 0.469 e. The molecule has 0 aliphatic carbocycles. The molecule has 1 aromatic heterocycles. The summed E-state index contributed by atoms with van der Waals surface area (Å²) >= 11 is 0. The van der Waals surface area contributed by atoms with Crippen LogP contribution in [0.2, 0.25) is 0 Å². The molecule has 0 aliphatic heterocycles. The van der Waals surface area contributed by atoms with Crippen LogP contribution in [0.25, 0.3) is 28.3 Å². The monoisotopic (exact) mass is 600 g/mol. The third-order valence-electron chi connectivity index (χ3n) is 7.03. The van der Waals surface area contributed by atoms with Gasteiger partial charge in [-0.2, -0.15) is 0 Å². The van der Waals surface area contributed by atoms with Gasteiger partial charge in [-0.15, -0.1) is 0 Å². The summed E-state index contributed by atoms with van der Waals surface area (Å²) in [4.78, 5) is 38.5. The Morgan fingerprint density at radius 2 is 1.45 bits per heavy atom. The van der Waals surface area contributed by atoms with Crippen molar-refractivity contribution < 1.29 is 33.0 Å². The lowest BCUT2D eigenvalue weighted by atomic mass is 9.94. The van der Waals surface area contributed by atoms with Gasteiger partial charge in [0.05, 0.1) is 25.3 Å². The summed E-state index contributed by atoms with van der Waals surface area (Å²) in [6, 6.07) is 20.7. The average Bonchev–Trinajstić information content (AvgIpc) is 3.35. The number of amides is 1. The van der Waals surface area contributed by atoms with Crippen molar-refractivity contribution in [1.82, 2.24) is 9.88 Å². The van der Waals surface area contributed by atoms with Gasteiger partial charge in [-0.05, 0) is 67.0 Å². The normalized spacial score (nSPS) is 12.0. The van der Waals surface area contributed by atoms with Gasteiger partial charge >= 0.3 is 5.97 Å². The molecule has 7 nitrogen and oxygen atoms in total. The van der Waals surface area contributed by atoms with Crippen LogP contribution in [0, 0.1) is 11.6 Å². The van der Waals surface area contributed by atoms with Crippen LogP contribution in [0.3, 0.4) is 0 Å². The van der Waals surface area contributed by atoms with Crippen LogP contribution in [-0.4, -0.2) is 40.5 Å². The van der Waals surface area contributed by atoms with Crippen LogP contribution < -0.4 is 5.32 Å². The predicted molar refractivity (Wildman–Crippen MR) is 165 cm³/mol. The fraction of sp³-hybridized carbons (Fsp3) is 0.229. The Hall–Kier alpha value is -4.89. The van der Waals surface area contributed by atoms with E-state index in [0.29, 0.717) is 33.6 Å². The van der Waals surface area contributed by atoms with Crippen LogP contribution >= 0.6 is 0 Å².